The predicted molar refractivity (Wildman–Crippen MR) is 75.2 cm³/mol. The molecule has 0 aromatic carbocycles. The van der Waals surface area contributed by atoms with Gasteiger partial charge in [-0.3, -0.25) is 9.69 Å². The monoisotopic (exact) mass is 273 g/mol. The van der Waals surface area contributed by atoms with Crippen LogP contribution in [0.3, 0.4) is 0 Å². The van der Waals surface area contributed by atoms with Crippen LogP contribution in [-0.4, -0.2) is 43.5 Å². The maximum absolute atomic E-state index is 12.2. The molecular formula is C14H24ClNO2. The number of ketones is 1. The molecule has 2 rings (SSSR count). The first-order chi connectivity index (χ1) is 8.16. The van der Waals surface area contributed by atoms with E-state index in [4.69, 9.17) is 4.74 Å². The number of ether oxygens (including phenoxy) is 1. The summed E-state index contributed by atoms with van der Waals surface area (Å²) in [7, 11) is 0. The fraction of sp³-hybridized carbons (Fsp3) is 0.786. The summed E-state index contributed by atoms with van der Waals surface area (Å²) in [4.78, 5) is 14.6. The molecular weight excluding hydrogens is 250 g/mol. The predicted octanol–water partition coefficient (Wildman–Crippen LogP) is 2.30. The van der Waals surface area contributed by atoms with Gasteiger partial charge in [-0.15, -0.1) is 12.4 Å². The third kappa shape index (κ3) is 4.08. The van der Waals surface area contributed by atoms with Crippen LogP contribution in [0.25, 0.3) is 0 Å². The number of Topliss-reactive ketones (excluding diaryl/α,β-unsaturated/α-hetero) is 1. The second-order valence-electron chi connectivity index (χ2n) is 5.45. The smallest absolute Gasteiger partial charge is 0.162 e. The van der Waals surface area contributed by atoms with Crippen LogP contribution in [0.4, 0.5) is 0 Å². The van der Waals surface area contributed by atoms with Crippen molar-refractivity contribution in [1.29, 1.82) is 0 Å². The molecule has 2 aliphatic rings. The summed E-state index contributed by atoms with van der Waals surface area (Å²) < 4.78 is 5.33. The lowest BCUT2D eigenvalue weighted by Crippen LogP contribution is -2.40. The van der Waals surface area contributed by atoms with Crippen molar-refractivity contribution in [1.82, 2.24) is 4.90 Å². The fourth-order valence-electron chi connectivity index (χ4n) is 2.68. The second-order valence-corrected chi connectivity index (χ2v) is 5.45. The van der Waals surface area contributed by atoms with Gasteiger partial charge in [-0.05, 0) is 24.3 Å². The highest BCUT2D eigenvalue weighted by molar-refractivity contribution is 5.99. The number of hydrogen-bond acceptors (Lipinski definition) is 3. The number of carbonyl (C=O) groups excluding carboxylic acids is 1. The summed E-state index contributed by atoms with van der Waals surface area (Å²) in [6.07, 6.45) is 4.16. The van der Waals surface area contributed by atoms with Gasteiger partial charge in [-0.1, -0.05) is 19.9 Å². The number of morpholine rings is 1. The lowest BCUT2D eigenvalue weighted by Gasteiger charge is -2.28. The number of hydrogen-bond donors (Lipinski definition) is 0. The Bertz CT molecular complexity index is 309. The van der Waals surface area contributed by atoms with Crippen molar-refractivity contribution < 1.29 is 9.53 Å². The highest BCUT2D eigenvalue weighted by Gasteiger charge is 2.30. The van der Waals surface area contributed by atoms with Crippen molar-refractivity contribution in [2.75, 3.05) is 32.8 Å². The summed E-state index contributed by atoms with van der Waals surface area (Å²) in [6, 6.07) is 0. The Labute approximate surface area is 116 Å². The summed E-state index contributed by atoms with van der Waals surface area (Å²) in [5.74, 6) is 1.11. The van der Waals surface area contributed by atoms with E-state index in [1.165, 1.54) is 0 Å². The third-order valence-corrected chi connectivity index (χ3v) is 3.57. The topological polar surface area (TPSA) is 29.5 Å². The van der Waals surface area contributed by atoms with E-state index in [0.717, 1.165) is 51.3 Å². The van der Waals surface area contributed by atoms with Crippen molar-refractivity contribution in [3.63, 3.8) is 0 Å². The van der Waals surface area contributed by atoms with E-state index in [0.29, 0.717) is 11.7 Å². The summed E-state index contributed by atoms with van der Waals surface area (Å²) in [6.45, 7) is 8.79. The van der Waals surface area contributed by atoms with E-state index in [-0.39, 0.29) is 18.3 Å². The van der Waals surface area contributed by atoms with Crippen LogP contribution in [0.5, 0.6) is 0 Å². The molecule has 0 spiro atoms. The normalized spacial score (nSPS) is 27.8. The van der Waals surface area contributed by atoms with E-state index in [2.05, 4.69) is 24.8 Å². The minimum absolute atomic E-state index is 0. The Hall–Kier alpha value is -0.380. The molecule has 1 aliphatic carbocycles. The van der Waals surface area contributed by atoms with E-state index in [1.54, 1.807) is 0 Å². The molecule has 4 heteroatoms. The van der Waals surface area contributed by atoms with Crippen LogP contribution in [0.2, 0.25) is 0 Å². The Kier molecular flexibility index (Phi) is 6.33. The highest BCUT2D eigenvalue weighted by Crippen LogP contribution is 2.28. The molecule has 1 saturated heterocycles. The van der Waals surface area contributed by atoms with Gasteiger partial charge in [0.05, 0.1) is 13.2 Å². The first-order valence-corrected chi connectivity index (χ1v) is 6.72. The minimum atomic E-state index is 0. The van der Waals surface area contributed by atoms with E-state index in [1.807, 2.05) is 0 Å². The number of nitrogens with zero attached hydrogens (tertiary/aromatic N) is 1. The van der Waals surface area contributed by atoms with Gasteiger partial charge in [0, 0.05) is 25.6 Å². The molecule has 18 heavy (non-hydrogen) atoms. The molecule has 1 aliphatic heterocycles. The first kappa shape index (κ1) is 15.7. The van der Waals surface area contributed by atoms with Crippen LogP contribution < -0.4 is 0 Å². The van der Waals surface area contributed by atoms with Crippen molar-refractivity contribution in [2.45, 2.75) is 26.7 Å². The minimum Gasteiger partial charge on any atom is -0.379 e. The van der Waals surface area contributed by atoms with Crippen LogP contribution in [0.15, 0.2) is 11.6 Å². The van der Waals surface area contributed by atoms with Gasteiger partial charge in [-0.25, -0.2) is 0 Å². The number of allylic oxidation sites excluding steroid dienone is 2. The Morgan fingerprint density at radius 2 is 2.06 bits per heavy atom. The van der Waals surface area contributed by atoms with Crippen molar-refractivity contribution in [3.8, 4) is 0 Å². The van der Waals surface area contributed by atoms with Crippen molar-refractivity contribution in [2.24, 2.45) is 11.8 Å². The zero-order valence-electron chi connectivity index (χ0n) is 11.4. The fourth-order valence-corrected chi connectivity index (χ4v) is 2.68. The zero-order valence-corrected chi connectivity index (χ0v) is 12.2. The molecule has 1 saturated carbocycles. The molecule has 1 heterocycles. The zero-order chi connectivity index (χ0) is 12.3. The maximum Gasteiger partial charge on any atom is 0.162 e. The molecule has 3 nitrogen and oxygen atoms in total. The van der Waals surface area contributed by atoms with Crippen molar-refractivity contribution in [3.05, 3.63) is 11.6 Å². The average Bonchev–Trinajstić information content (AvgIpc) is 2.62. The van der Waals surface area contributed by atoms with Gasteiger partial charge in [0.15, 0.2) is 5.78 Å². The molecule has 0 aromatic rings. The number of carbonyl (C=O) groups is 1. The number of halogens is 1. The summed E-state index contributed by atoms with van der Waals surface area (Å²) >= 11 is 0. The first-order valence-electron chi connectivity index (χ1n) is 6.72. The lowest BCUT2D eigenvalue weighted by molar-refractivity contribution is -0.118. The standard InChI is InChI=1S/C14H23NO2.ClH/c1-11(2)9-12-3-4-13(14(12)16)10-15-5-7-17-8-6-15;/h9,11,13H,3-8,10H2,1-2H3;1H/b12-9-;. The molecule has 0 aromatic heterocycles. The molecule has 0 radical (unpaired) electrons. The van der Waals surface area contributed by atoms with Gasteiger partial charge in [0.2, 0.25) is 0 Å². The van der Waals surface area contributed by atoms with E-state index < -0.39 is 0 Å². The van der Waals surface area contributed by atoms with Gasteiger partial charge >= 0.3 is 0 Å². The Balaban J connectivity index is 0.00000162. The molecule has 2 fully saturated rings. The largest absolute Gasteiger partial charge is 0.379 e. The second kappa shape index (κ2) is 7.27. The van der Waals surface area contributed by atoms with Crippen molar-refractivity contribution >= 4 is 18.2 Å². The van der Waals surface area contributed by atoms with Crippen LogP contribution in [0.1, 0.15) is 26.7 Å². The molecule has 104 valence electrons. The molecule has 0 amide bonds. The lowest BCUT2D eigenvalue weighted by atomic mass is 10.0. The maximum atomic E-state index is 12.2. The quantitative estimate of drug-likeness (QED) is 0.739. The summed E-state index contributed by atoms with van der Waals surface area (Å²) in [5.41, 5.74) is 1.07. The van der Waals surface area contributed by atoms with Gasteiger partial charge in [0.25, 0.3) is 0 Å². The molecule has 0 bridgehead atoms. The van der Waals surface area contributed by atoms with Gasteiger partial charge in [-0.2, -0.15) is 0 Å². The Morgan fingerprint density at radius 1 is 1.39 bits per heavy atom. The number of rotatable bonds is 3. The van der Waals surface area contributed by atoms with Crippen LogP contribution >= 0.6 is 12.4 Å². The third-order valence-electron chi connectivity index (χ3n) is 3.57. The Morgan fingerprint density at radius 3 is 2.67 bits per heavy atom. The average molecular weight is 274 g/mol. The van der Waals surface area contributed by atoms with Crippen LogP contribution in [-0.2, 0) is 9.53 Å². The van der Waals surface area contributed by atoms with E-state index in [9.17, 15) is 4.79 Å². The van der Waals surface area contributed by atoms with E-state index >= 15 is 0 Å². The van der Waals surface area contributed by atoms with Gasteiger partial charge < -0.3 is 4.74 Å². The molecule has 0 N–H and O–H groups in total. The van der Waals surface area contributed by atoms with Crippen LogP contribution in [0, 0.1) is 11.8 Å². The molecule has 1 unspecified atom stereocenters. The van der Waals surface area contributed by atoms with Gasteiger partial charge in [0.1, 0.15) is 0 Å². The highest BCUT2D eigenvalue weighted by atomic mass is 35.5. The summed E-state index contributed by atoms with van der Waals surface area (Å²) in [5, 5.41) is 0. The molecule has 1 atom stereocenters. The SMILES string of the molecule is CC(C)/C=C1/CCC(CN2CCOCC2)C1=O.Cl.